The molecule has 1 fully saturated rings. The highest BCUT2D eigenvalue weighted by atomic mass is 16.8. The Hall–Kier alpha value is -1.03. The highest BCUT2D eigenvalue weighted by Gasteiger charge is 2.15. The zero-order chi connectivity index (χ0) is 8.27. The van der Waals surface area contributed by atoms with Crippen LogP contribution in [0.15, 0.2) is 12.2 Å². The molecule has 4 nitrogen and oxygen atoms in total. The third kappa shape index (κ3) is 2.59. The smallest absolute Gasteiger partial charge is 0.448 e. The molecule has 0 bridgehead atoms. The third-order valence-corrected chi connectivity index (χ3v) is 1.64. The van der Waals surface area contributed by atoms with Gasteiger partial charge in [-0.05, 0) is 12.8 Å². The molecule has 1 aliphatic rings. The molecule has 1 heterocycles. The summed E-state index contributed by atoms with van der Waals surface area (Å²) >= 11 is 0. The van der Waals surface area contributed by atoms with Crippen molar-refractivity contribution in [3.8, 4) is 0 Å². The van der Waals surface area contributed by atoms with Crippen LogP contribution >= 0.6 is 0 Å². The van der Waals surface area contributed by atoms with Crippen LogP contribution in [0.4, 0.5) is 4.79 Å². The summed E-state index contributed by atoms with van der Waals surface area (Å²) in [5, 5.41) is 9.69. The molecule has 0 aromatic rings. The maximum atomic E-state index is 10.1. The van der Waals surface area contributed by atoms with Crippen molar-refractivity contribution in [3.63, 3.8) is 0 Å². The normalized spacial score (nSPS) is 19.8. The van der Waals surface area contributed by atoms with E-state index in [1.54, 1.807) is 0 Å². The van der Waals surface area contributed by atoms with E-state index in [1.165, 1.54) is 5.06 Å². The standard InChI is InChI=1S/C7H11NO3/c1-6-2-4-8(5-3-6)11-7(9)10/h1-5H2,(H,9,10). The van der Waals surface area contributed by atoms with E-state index >= 15 is 0 Å². The Morgan fingerprint density at radius 2 is 2.09 bits per heavy atom. The quantitative estimate of drug-likeness (QED) is 0.582. The van der Waals surface area contributed by atoms with Crippen molar-refractivity contribution in [3.05, 3.63) is 12.2 Å². The molecular formula is C7H11NO3. The van der Waals surface area contributed by atoms with Crippen LogP contribution in [0, 0.1) is 0 Å². The molecule has 62 valence electrons. The fourth-order valence-corrected chi connectivity index (χ4v) is 1.00. The van der Waals surface area contributed by atoms with E-state index in [2.05, 4.69) is 11.4 Å². The van der Waals surface area contributed by atoms with Crippen LogP contribution in [0.2, 0.25) is 0 Å². The number of hydrogen-bond donors (Lipinski definition) is 1. The minimum Gasteiger partial charge on any atom is -0.448 e. The van der Waals surface area contributed by atoms with Crippen LogP contribution in [0.25, 0.3) is 0 Å². The van der Waals surface area contributed by atoms with E-state index in [-0.39, 0.29) is 0 Å². The molecule has 11 heavy (non-hydrogen) atoms. The lowest BCUT2D eigenvalue weighted by Gasteiger charge is -2.24. The number of carbonyl (C=O) groups is 1. The molecule has 0 aromatic carbocycles. The molecule has 4 heteroatoms. The monoisotopic (exact) mass is 157 g/mol. The minimum atomic E-state index is -1.24. The average molecular weight is 157 g/mol. The van der Waals surface area contributed by atoms with Gasteiger partial charge >= 0.3 is 6.16 Å². The largest absolute Gasteiger partial charge is 0.525 e. The first kappa shape index (κ1) is 8.07. The number of nitrogens with zero attached hydrogens (tertiary/aromatic N) is 1. The molecule has 0 saturated carbocycles. The van der Waals surface area contributed by atoms with Crippen molar-refractivity contribution in [1.29, 1.82) is 0 Å². The topological polar surface area (TPSA) is 49.8 Å². The van der Waals surface area contributed by atoms with Gasteiger partial charge in [0.1, 0.15) is 0 Å². The number of hydrogen-bond acceptors (Lipinski definition) is 3. The Kier molecular flexibility index (Phi) is 2.48. The lowest BCUT2D eigenvalue weighted by Crippen LogP contribution is -2.32. The van der Waals surface area contributed by atoms with Gasteiger partial charge in [-0.15, -0.1) is 5.06 Å². The van der Waals surface area contributed by atoms with Gasteiger partial charge < -0.3 is 9.94 Å². The number of hydroxylamine groups is 2. The Balaban J connectivity index is 2.28. The summed E-state index contributed by atoms with van der Waals surface area (Å²) in [6, 6.07) is 0. The highest BCUT2D eigenvalue weighted by Crippen LogP contribution is 2.13. The van der Waals surface area contributed by atoms with Gasteiger partial charge in [-0.1, -0.05) is 12.2 Å². The van der Waals surface area contributed by atoms with Crippen LogP contribution in [-0.4, -0.2) is 29.4 Å². The summed E-state index contributed by atoms with van der Waals surface area (Å²) in [5.74, 6) is 0. The summed E-state index contributed by atoms with van der Waals surface area (Å²) in [5.41, 5.74) is 1.16. The van der Waals surface area contributed by atoms with Crippen LogP contribution < -0.4 is 0 Å². The lowest BCUT2D eigenvalue weighted by molar-refractivity contribution is -0.123. The number of piperidine rings is 1. The van der Waals surface area contributed by atoms with E-state index in [4.69, 9.17) is 5.11 Å². The SMILES string of the molecule is C=C1CCN(OC(=O)O)CC1. The summed E-state index contributed by atoms with van der Waals surface area (Å²) in [7, 11) is 0. The van der Waals surface area contributed by atoms with Gasteiger partial charge in [-0.2, -0.15) is 0 Å². The second-order valence-electron chi connectivity index (χ2n) is 2.54. The zero-order valence-corrected chi connectivity index (χ0v) is 6.25. The van der Waals surface area contributed by atoms with Gasteiger partial charge in [0.25, 0.3) is 0 Å². The van der Waals surface area contributed by atoms with Crippen molar-refractivity contribution in [2.45, 2.75) is 12.8 Å². The second-order valence-corrected chi connectivity index (χ2v) is 2.54. The molecule has 1 aliphatic heterocycles. The first-order chi connectivity index (χ1) is 5.18. The van der Waals surface area contributed by atoms with Crippen LogP contribution in [0.5, 0.6) is 0 Å². The molecule has 0 radical (unpaired) electrons. The summed E-state index contributed by atoms with van der Waals surface area (Å²) in [6.07, 6.45) is 0.415. The molecule has 1 saturated heterocycles. The van der Waals surface area contributed by atoms with E-state index in [0.717, 1.165) is 18.4 Å². The molecule has 0 amide bonds. The van der Waals surface area contributed by atoms with Gasteiger partial charge in [-0.3, -0.25) is 0 Å². The third-order valence-electron chi connectivity index (χ3n) is 1.64. The first-order valence-corrected chi connectivity index (χ1v) is 3.51. The fraction of sp³-hybridized carbons (Fsp3) is 0.571. The van der Waals surface area contributed by atoms with Gasteiger partial charge in [0.2, 0.25) is 0 Å². The number of rotatable bonds is 1. The predicted octanol–water partition coefficient (Wildman–Crippen LogP) is 1.25. The lowest BCUT2D eigenvalue weighted by atomic mass is 10.1. The maximum Gasteiger partial charge on any atom is 0.525 e. The van der Waals surface area contributed by atoms with E-state index in [9.17, 15) is 4.79 Å². The summed E-state index contributed by atoms with van der Waals surface area (Å²) in [6.45, 7) is 5.06. The van der Waals surface area contributed by atoms with Crippen molar-refractivity contribution in [2.75, 3.05) is 13.1 Å². The fourth-order valence-electron chi connectivity index (χ4n) is 1.00. The van der Waals surface area contributed by atoms with Gasteiger partial charge in [0, 0.05) is 13.1 Å². The van der Waals surface area contributed by atoms with Crippen LogP contribution in [-0.2, 0) is 4.84 Å². The molecule has 1 N–H and O–H groups in total. The Morgan fingerprint density at radius 1 is 1.55 bits per heavy atom. The Bertz CT molecular complexity index is 169. The number of carboxylic acid groups (broad SMARTS) is 1. The molecule has 0 spiro atoms. The maximum absolute atomic E-state index is 10.1. The van der Waals surface area contributed by atoms with Crippen molar-refractivity contribution < 1.29 is 14.7 Å². The molecule has 0 aromatic heterocycles. The van der Waals surface area contributed by atoms with Gasteiger partial charge in [-0.25, -0.2) is 4.79 Å². The average Bonchev–Trinajstić information content (AvgIpc) is 1.93. The molecular weight excluding hydrogens is 146 g/mol. The molecule has 0 unspecified atom stereocenters. The van der Waals surface area contributed by atoms with Gasteiger partial charge in [0.05, 0.1) is 0 Å². The second kappa shape index (κ2) is 3.39. The zero-order valence-electron chi connectivity index (χ0n) is 6.25. The van der Waals surface area contributed by atoms with Crippen molar-refractivity contribution >= 4 is 6.16 Å². The molecule has 1 rings (SSSR count). The van der Waals surface area contributed by atoms with E-state index in [0.29, 0.717) is 13.1 Å². The highest BCUT2D eigenvalue weighted by molar-refractivity contribution is 5.56. The van der Waals surface area contributed by atoms with Crippen LogP contribution in [0.3, 0.4) is 0 Å². The predicted molar refractivity (Wildman–Crippen MR) is 39.1 cm³/mol. The van der Waals surface area contributed by atoms with E-state index < -0.39 is 6.16 Å². The Morgan fingerprint density at radius 3 is 2.55 bits per heavy atom. The molecule has 0 atom stereocenters. The van der Waals surface area contributed by atoms with Gasteiger partial charge in [0.15, 0.2) is 0 Å². The first-order valence-electron chi connectivity index (χ1n) is 3.51. The van der Waals surface area contributed by atoms with E-state index in [1.807, 2.05) is 0 Å². The summed E-state index contributed by atoms with van der Waals surface area (Å²) < 4.78 is 0. The minimum absolute atomic E-state index is 0.630. The molecule has 0 aliphatic carbocycles. The van der Waals surface area contributed by atoms with Crippen molar-refractivity contribution in [1.82, 2.24) is 5.06 Å². The van der Waals surface area contributed by atoms with Crippen LogP contribution in [0.1, 0.15) is 12.8 Å². The summed E-state index contributed by atoms with van der Waals surface area (Å²) in [4.78, 5) is 14.5. The van der Waals surface area contributed by atoms with Crippen molar-refractivity contribution in [2.24, 2.45) is 0 Å². The Labute approximate surface area is 65.0 Å².